The molecule has 14 heavy (non-hydrogen) atoms. The van der Waals surface area contributed by atoms with E-state index in [0.29, 0.717) is 6.04 Å². The Morgan fingerprint density at radius 1 is 1.43 bits per heavy atom. The Morgan fingerprint density at radius 2 is 2.07 bits per heavy atom. The van der Waals surface area contributed by atoms with Gasteiger partial charge in [0.2, 0.25) is 0 Å². The summed E-state index contributed by atoms with van der Waals surface area (Å²) >= 11 is 5.80. The van der Waals surface area contributed by atoms with Crippen LogP contribution in [-0.4, -0.2) is 6.54 Å². The van der Waals surface area contributed by atoms with Crippen LogP contribution in [-0.2, 0) is 0 Å². The minimum atomic E-state index is 0.320. The van der Waals surface area contributed by atoms with Crippen LogP contribution in [0.15, 0.2) is 24.3 Å². The molecule has 74 valence electrons. The average Bonchev–Trinajstić information content (AvgIpc) is 2.19. The van der Waals surface area contributed by atoms with E-state index >= 15 is 0 Å². The van der Waals surface area contributed by atoms with Crippen molar-refractivity contribution in [3.05, 3.63) is 34.9 Å². The highest BCUT2D eigenvalue weighted by Gasteiger charge is 2.02. The van der Waals surface area contributed by atoms with Gasteiger partial charge in [0.15, 0.2) is 0 Å². The second-order valence-electron chi connectivity index (χ2n) is 3.18. The molecule has 0 aliphatic carbocycles. The molecule has 1 aromatic rings. The van der Waals surface area contributed by atoms with E-state index in [-0.39, 0.29) is 0 Å². The maximum Gasteiger partial charge on any atom is 0.0406 e. The van der Waals surface area contributed by atoms with Crippen LogP contribution in [0.5, 0.6) is 0 Å². The minimum absolute atomic E-state index is 0.320. The molecule has 0 heterocycles. The lowest BCUT2D eigenvalue weighted by atomic mass is 10.1. The van der Waals surface area contributed by atoms with Crippen molar-refractivity contribution in [2.75, 3.05) is 6.54 Å². The van der Waals surface area contributed by atoms with Gasteiger partial charge in [-0.15, -0.1) is 12.3 Å². The number of halogens is 1. The largest absolute Gasteiger partial charge is 0.309 e. The van der Waals surface area contributed by atoms with Crippen LogP contribution in [0.25, 0.3) is 0 Å². The molecule has 1 aromatic carbocycles. The Balaban J connectivity index is 2.48. The number of nitrogens with one attached hydrogen (secondary N) is 1. The third-order valence-corrected chi connectivity index (χ3v) is 2.34. The van der Waals surface area contributed by atoms with E-state index in [1.54, 1.807) is 0 Å². The van der Waals surface area contributed by atoms with Crippen LogP contribution >= 0.6 is 11.6 Å². The molecular formula is C12H14ClN. The zero-order valence-electron chi connectivity index (χ0n) is 8.26. The first-order chi connectivity index (χ1) is 6.74. The molecule has 0 aromatic heterocycles. The summed E-state index contributed by atoms with van der Waals surface area (Å²) in [4.78, 5) is 0. The van der Waals surface area contributed by atoms with Gasteiger partial charge in [-0.3, -0.25) is 0 Å². The van der Waals surface area contributed by atoms with Crippen LogP contribution < -0.4 is 5.32 Å². The van der Waals surface area contributed by atoms with Gasteiger partial charge in [0.25, 0.3) is 0 Å². The number of benzene rings is 1. The molecule has 0 spiro atoms. The van der Waals surface area contributed by atoms with Crippen molar-refractivity contribution in [1.29, 1.82) is 0 Å². The summed E-state index contributed by atoms with van der Waals surface area (Å²) in [6.45, 7) is 2.96. The molecule has 0 radical (unpaired) electrons. The molecule has 0 saturated heterocycles. The molecule has 2 heteroatoms. The normalized spacial score (nSPS) is 12.1. The molecular weight excluding hydrogens is 194 g/mol. The lowest BCUT2D eigenvalue weighted by Crippen LogP contribution is -2.19. The molecule has 1 atom stereocenters. The summed E-state index contributed by atoms with van der Waals surface area (Å²) < 4.78 is 0. The third kappa shape index (κ3) is 3.41. The van der Waals surface area contributed by atoms with E-state index in [4.69, 9.17) is 18.0 Å². The van der Waals surface area contributed by atoms with E-state index in [1.807, 2.05) is 24.3 Å². The van der Waals surface area contributed by atoms with E-state index in [2.05, 4.69) is 18.2 Å². The lowest BCUT2D eigenvalue weighted by molar-refractivity contribution is 0.584. The Labute approximate surface area is 90.5 Å². The van der Waals surface area contributed by atoms with Crippen LogP contribution in [0.1, 0.15) is 24.9 Å². The van der Waals surface area contributed by atoms with Crippen molar-refractivity contribution in [3.63, 3.8) is 0 Å². The van der Waals surface area contributed by atoms with E-state index in [0.717, 1.165) is 18.0 Å². The van der Waals surface area contributed by atoms with E-state index < -0.39 is 0 Å². The Hall–Kier alpha value is -0.970. The molecule has 0 aliphatic heterocycles. The Bertz CT molecular complexity index is 310. The highest BCUT2D eigenvalue weighted by atomic mass is 35.5. The zero-order chi connectivity index (χ0) is 10.4. The van der Waals surface area contributed by atoms with Gasteiger partial charge in [-0.1, -0.05) is 23.7 Å². The smallest absolute Gasteiger partial charge is 0.0406 e. The van der Waals surface area contributed by atoms with E-state index in [1.165, 1.54) is 5.56 Å². The molecule has 1 rings (SSSR count). The van der Waals surface area contributed by atoms with Crippen molar-refractivity contribution >= 4 is 11.6 Å². The van der Waals surface area contributed by atoms with Gasteiger partial charge in [-0.25, -0.2) is 0 Å². The second kappa shape index (κ2) is 5.70. The Morgan fingerprint density at radius 3 is 2.64 bits per heavy atom. The summed E-state index contributed by atoms with van der Waals surface area (Å²) in [5.41, 5.74) is 1.23. The van der Waals surface area contributed by atoms with Crippen molar-refractivity contribution in [2.45, 2.75) is 19.4 Å². The van der Waals surface area contributed by atoms with Gasteiger partial charge in [0.1, 0.15) is 0 Å². The van der Waals surface area contributed by atoms with Crippen molar-refractivity contribution in [2.24, 2.45) is 0 Å². The van der Waals surface area contributed by atoms with E-state index in [9.17, 15) is 0 Å². The van der Waals surface area contributed by atoms with Crippen LogP contribution in [0, 0.1) is 12.3 Å². The molecule has 0 unspecified atom stereocenters. The second-order valence-corrected chi connectivity index (χ2v) is 3.62. The summed E-state index contributed by atoms with van der Waals surface area (Å²) in [5, 5.41) is 4.10. The van der Waals surface area contributed by atoms with Crippen molar-refractivity contribution in [3.8, 4) is 12.3 Å². The maximum atomic E-state index is 5.80. The van der Waals surface area contributed by atoms with Crippen LogP contribution in [0.2, 0.25) is 5.02 Å². The summed E-state index contributed by atoms with van der Waals surface area (Å²) in [6, 6.07) is 8.17. The average molecular weight is 208 g/mol. The minimum Gasteiger partial charge on any atom is -0.309 e. The first-order valence-corrected chi connectivity index (χ1v) is 5.04. The molecule has 0 amide bonds. The van der Waals surface area contributed by atoms with Crippen LogP contribution in [0.4, 0.5) is 0 Å². The molecule has 0 saturated carbocycles. The fraction of sp³-hybridized carbons (Fsp3) is 0.333. The number of hydrogen-bond acceptors (Lipinski definition) is 1. The topological polar surface area (TPSA) is 12.0 Å². The van der Waals surface area contributed by atoms with Crippen molar-refractivity contribution in [1.82, 2.24) is 5.32 Å². The molecule has 1 N–H and O–H groups in total. The maximum absolute atomic E-state index is 5.80. The lowest BCUT2D eigenvalue weighted by Gasteiger charge is -2.12. The number of hydrogen-bond donors (Lipinski definition) is 1. The van der Waals surface area contributed by atoms with Gasteiger partial charge in [-0.2, -0.15) is 0 Å². The first-order valence-electron chi connectivity index (χ1n) is 4.66. The summed E-state index contributed by atoms with van der Waals surface area (Å²) in [7, 11) is 0. The first kappa shape index (κ1) is 11.1. The molecule has 0 bridgehead atoms. The molecule has 1 nitrogen and oxygen atoms in total. The van der Waals surface area contributed by atoms with Crippen LogP contribution in [0.3, 0.4) is 0 Å². The number of rotatable bonds is 4. The van der Waals surface area contributed by atoms with Gasteiger partial charge < -0.3 is 5.32 Å². The van der Waals surface area contributed by atoms with Crippen molar-refractivity contribution < 1.29 is 0 Å². The highest BCUT2D eigenvalue weighted by molar-refractivity contribution is 6.30. The molecule has 0 aliphatic rings. The fourth-order valence-corrected chi connectivity index (χ4v) is 1.36. The predicted octanol–water partition coefficient (Wildman–Crippen LogP) is 3.01. The quantitative estimate of drug-likeness (QED) is 0.591. The standard InChI is InChI=1S/C12H14ClN/c1-3-4-9-14-10(2)11-5-7-12(13)8-6-11/h1,5-8,10,14H,4,9H2,2H3/t10-/m0/s1. The van der Waals surface area contributed by atoms with Gasteiger partial charge in [-0.05, 0) is 24.6 Å². The monoisotopic (exact) mass is 207 g/mol. The highest BCUT2D eigenvalue weighted by Crippen LogP contribution is 2.15. The Kier molecular flexibility index (Phi) is 4.52. The van der Waals surface area contributed by atoms with Gasteiger partial charge in [0.05, 0.1) is 0 Å². The third-order valence-electron chi connectivity index (χ3n) is 2.09. The number of terminal acetylenes is 1. The van der Waals surface area contributed by atoms with Gasteiger partial charge in [0, 0.05) is 24.0 Å². The molecule has 0 fully saturated rings. The fourth-order valence-electron chi connectivity index (χ4n) is 1.23. The summed E-state index contributed by atoms with van der Waals surface area (Å²) in [6.07, 6.45) is 5.93. The zero-order valence-corrected chi connectivity index (χ0v) is 9.01. The summed E-state index contributed by atoms with van der Waals surface area (Å²) in [5.74, 6) is 2.60. The van der Waals surface area contributed by atoms with Gasteiger partial charge >= 0.3 is 0 Å². The SMILES string of the molecule is C#CCCN[C@@H](C)c1ccc(Cl)cc1. The predicted molar refractivity (Wildman–Crippen MR) is 61.3 cm³/mol.